The highest BCUT2D eigenvalue weighted by molar-refractivity contribution is 7.09. The highest BCUT2D eigenvalue weighted by Crippen LogP contribution is 2.26. The predicted octanol–water partition coefficient (Wildman–Crippen LogP) is 3.35. The van der Waals surface area contributed by atoms with E-state index in [0.717, 1.165) is 49.4 Å². The fourth-order valence-electron chi connectivity index (χ4n) is 2.52. The average molecular weight is 318 g/mol. The Morgan fingerprint density at radius 3 is 2.77 bits per heavy atom. The fraction of sp³-hybridized carbons (Fsp3) is 0.562. The van der Waals surface area contributed by atoms with Gasteiger partial charge in [0.15, 0.2) is 0 Å². The summed E-state index contributed by atoms with van der Waals surface area (Å²) in [5.41, 5.74) is 0. The highest BCUT2D eigenvalue weighted by atomic mass is 32.1. The first-order valence-corrected chi connectivity index (χ1v) is 8.62. The molecule has 1 aliphatic heterocycles. The molecule has 6 heteroatoms. The third-order valence-electron chi connectivity index (χ3n) is 3.94. The molecule has 118 valence electrons. The minimum absolute atomic E-state index is 0.398. The van der Waals surface area contributed by atoms with Gasteiger partial charge in [-0.25, -0.2) is 9.97 Å². The second kappa shape index (κ2) is 7.05. The molecule has 1 fully saturated rings. The lowest BCUT2D eigenvalue weighted by Crippen LogP contribution is -2.35. The van der Waals surface area contributed by atoms with Gasteiger partial charge in [-0.2, -0.15) is 4.37 Å². The molecule has 2 aromatic heterocycles. The van der Waals surface area contributed by atoms with Gasteiger partial charge in [0.05, 0.1) is 6.61 Å². The van der Waals surface area contributed by atoms with Crippen LogP contribution in [0.4, 0.5) is 5.13 Å². The van der Waals surface area contributed by atoms with Crippen LogP contribution in [-0.4, -0.2) is 34.0 Å². The largest absolute Gasteiger partial charge is 0.477 e. The second-order valence-electron chi connectivity index (χ2n) is 6.00. The number of anilines is 1. The van der Waals surface area contributed by atoms with Gasteiger partial charge in [-0.1, -0.05) is 19.9 Å². The van der Waals surface area contributed by atoms with E-state index in [9.17, 15) is 0 Å². The monoisotopic (exact) mass is 318 g/mol. The van der Waals surface area contributed by atoms with Crippen molar-refractivity contribution in [3.05, 3.63) is 30.2 Å². The summed E-state index contributed by atoms with van der Waals surface area (Å²) in [4.78, 5) is 11.2. The number of hydrogen-bond donors (Lipinski definition) is 0. The molecule has 3 heterocycles. The van der Waals surface area contributed by atoms with Gasteiger partial charge < -0.3 is 9.64 Å². The van der Waals surface area contributed by atoms with Crippen molar-refractivity contribution in [2.45, 2.75) is 32.6 Å². The van der Waals surface area contributed by atoms with E-state index in [0.29, 0.717) is 11.8 Å². The molecule has 0 aromatic carbocycles. The lowest BCUT2D eigenvalue weighted by molar-refractivity contribution is 0.216. The Morgan fingerprint density at radius 2 is 2.14 bits per heavy atom. The van der Waals surface area contributed by atoms with Gasteiger partial charge in [-0.15, -0.1) is 0 Å². The van der Waals surface area contributed by atoms with E-state index in [1.807, 2.05) is 18.2 Å². The summed E-state index contributed by atoms with van der Waals surface area (Å²) < 4.78 is 10.2. The third-order valence-corrected chi connectivity index (χ3v) is 4.73. The number of pyridine rings is 1. The van der Waals surface area contributed by atoms with Gasteiger partial charge in [-0.05, 0) is 24.8 Å². The molecule has 0 unspecified atom stereocenters. The predicted molar refractivity (Wildman–Crippen MR) is 88.7 cm³/mol. The van der Waals surface area contributed by atoms with Crippen LogP contribution in [0.15, 0.2) is 24.4 Å². The Labute approximate surface area is 135 Å². The summed E-state index contributed by atoms with van der Waals surface area (Å²) in [5, 5.41) is 1.06. The first kappa shape index (κ1) is 15.2. The molecule has 5 nitrogen and oxygen atoms in total. The molecule has 0 N–H and O–H groups in total. The molecule has 0 bridgehead atoms. The van der Waals surface area contributed by atoms with Gasteiger partial charge in [0, 0.05) is 42.8 Å². The standard InChI is InChI=1S/C16H22N4OS/c1-12(2)15-18-16(22-19-15)20-9-6-13(7-10-20)11-21-14-5-3-4-8-17-14/h3-5,8,12-13H,6-7,9-11H2,1-2H3. The SMILES string of the molecule is CC(C)c1nsc(N2CCC(COc3ccccn3)CC2)n1. The van der Waals surface area contributed by atoms with E-state index >= 15 is 0 Å². The molecule has 0 saturated carbocycles. The molecule has 0 radical (unpaired) electrons. The summed E-state index contributed by atoms with van der Waals surface area (Å²) in [6, 6.07) is 5.76. The summed E-state index contributed by atoms with van der Waals surface area (Å²) in [7, 11) is 0. The molecule has 1 saturated heterocycles. The lowest BCUT2D eigenvalue weighted by Gasteiger charge is -2.31. The lowest BCUT2D eigenvalue weighted by atomic mass is 9.98. The molecule has 0 aliphatic carbocycles. The Hall–Kier alpha value is -1.69. The van der Waals surface area contributed by atoms with Crippen LogP contribution in [0.25, 0.3) is 0 Å². The van der Waals surface area contributed by atoms with Crippen molar-refractivity contribution < 1.29 is 4.74 Å². The smallest absolute Gasteiger partial charge is 0.213 e. The number of piperidine rings is 1. The van der Waals surface area contributed by atoms with Crippen molar-refractivity contribution in [1.29, 1.82) is 0 Å². The van der Waals surface area contributed by atoms with Gasteiger partial charge in [0.1, 0.15) is 5.82 Å². The van der Waals surface area contributed by atoms with E-state index in [1.54, 1.807) is 6.20 Å². The average Bonchev–Trinajstić information content (AvgIpc) is 3.05. The summed E-state index contributed by atoms with van der Waals surface area (Å²) in [6.45, 7) is 7.07. The first-order chi connectivity index (χ1) is 10.7. The molecule has 0 amide bonds. The van der Waals surface area contributed by atoms with Crippen molar-refractivity contribution in [3.8, 4) is 5.88 Å². The highest BCUT2D eigenvalue weighted by Gasteiger charge is 2.22. The molecule has 1 aliphatic rings. The quantitative estimate of drug-likeness (QED) is 0.846. The van der Waals surface area contributed by atoms with Crippen LogP contribution in [0.3, 0.4) is 0 Å². The van der Waals surface area contributed by atoms with Crippen molar-refractivity contribution in [3.63, 3.8) is 0 Å². The zero-order valence-electron chi connectivity index (χ0n) is 13.1. The van der Waals surface area contributed by atoms with E-state index in [4.69, 9.17) is 4.74 Å². The van der Waals surface area contributed by atoms with E-state index < -0.39 is 0 Å². The van der Waals surface area contributed by atoms with Gasteiger partial charge in [-0.3, -0.25) is 0 Å². The van der Waals surface area contributed by atoms with Crippen molar-refractivity contribution >= 4 is 16.7 Å². The molecule has 22 heavy (non-hydrogen) atoms. The Morgan fingerprint density at radius 1 is 1.32 bits per heavy atom. The topological polar surface area (TPSA) is 51.1 Å². The summed E-state index contributed by atoms with van der Waals surface area (Å²) >= 11 is 1.52. The maximum Gasteiger partial charge on any atom is 0.213 e. The maximum atomic E-state index is 5.77. The van der Waals surface area contributed by atoms with Gasteiger partial charge in [0.25, 0.3) is 0 Å². The van der Waals surface area contributed by atoms with Crippen molar-refractivity contribution in [2.24, 2.45) is 5.92 Å². The number of hydrogen-bond acceptors (Lipinski definition) is 6. The second-order valence-corrected chi connectivity index (χ2v) is 6.73. The Bertz CT molecular complexity index is 579. The number of rotatable bonds is 5. The third kappa shape index (κ3) is 3.74. The zero-order valence-corrected chi connectivity index (χ0v) is 13.9. The Kier molecular flexibility index (Phi) is 4.87. The van der Waals surface area contributed by atoms with Crippen molar-refractivity contribution in [2.75, 3.05) is 24.6 Å². The van der Waals surface area contributed by atoms with Gasteiger partial charge >= 0.3 is 0 Å². The van der Waals surface area contributed by atoms with Crippen LogP contribution in [0, 0.1) is 5.92 Å². The van der Waals surface area contributed by atoms with Crippen molar-refractivity contribution in [1.82, 2.24) is 14.3 Å². The minimum atomic E-state index is 0.398. The van der Waals surface area contributed by atoms with Crippen LogP contribution in [0.5, 0.6) is 5.88 Å². The minimum Gasteiger partial charge on any atom is -0.477 e. The van der Waals surface area contributed by atoms with E-state index in [2.05, 4.69) is 33.1 Å². The van der Waals surface area contributed by atoms with Crippen LogP contribution in [0.2, 0.25) is 0 Å². The number of nitrogens with zero attached hydrogens (tertiary/aromatic N) is 4. The zero-order chi connectivity index (χ0) is 15.4. The molecular formula is C16H22N4OS. The van der Waals surface area contributed by atoms with E-state index in [1.165, 1.54) is 11.5 Å². The number of ether oxygens (including phenoxy) is 1. The van der Waals surface area contributed by atoms with E-state index in [-0.39, 0.29) is 0 Å². The molecule has 0 atom stereocenters. The molecule has 0 spiro atoms. The summed E-state index contributed by atoms with van der Waals surface area (Å²) in [6.07, 6.45) is 4.02. The van der Waals surface area contributed by atoms with Crippen LogP contribution in [0.1, 0.15) is 38.4 Å². The van der Waals surface area contributed by atoms with Crippen LogP contribution in [-0.2, 0) is 0 Å². The first-order valence-electron chi connectivity index (χ1n) is 7.84. The summed E-state index contributed by atoms with van der Waals surface area (Å²) in [5.74, 6) is 2.67. The number of aromatic nitrogens is 3. The van der Waals surface area contributed by atoms with Crippen LogP contribution < -0.4 is 9.64 Å². The molecule has 3 rings (SSSR count). The van der Waals surface area contributed by atoms with Crippen LogP contribution >= 0.6 is 11.5 Å². The Balaban J connectivity index is 1.47. The maximum absolute atomic E-state index is 5.77. The fourth-order valence-corrected chi connectivity index (χ4v) is 3.38. The normalized spacial score (nSPS) is 16.2. The molecule has 2 aromatic rings. The van der Waals surface area contributed by atoms with Gasteiger partial charge in [0.2, 0.25) is 11.0 Å². The molecular weight excluding hydrogens is 296 g/mol.